The molecule has 0 saturated heterocycles. The Balaban J connectivity index is 2.39. The Labute approximate surface area is 182 Å². The molecular weight excluding hydrogens is 541 g/mol. The molecule has 4 bridgehead atoms. The zero-order valence-corrected chi connectivity index (χ0v) is 16.2. The molecule has 0 N–H and O–H groups in total. The summed E-state index contributed by atoms with van der Waals surface area (Å²) in [5.41, 5.74) is -32.0. The van der Waals surface area contributed by atoms with Crippen molar-refractivity contribution in [2.24, 2.45) is 0 Å². The minimum absolute atomic E-state index is 0.636. The number of rotatable bonds is 4. The molecule has 4 nitrogen and oxygen atoms in total. The lowest BCUT2D eigenvalue weighted by molar-refractivity contribution is -0.613. The Hall–Kier alpha value is -2.37. The van der Waals surface area contributed by atoms with Crippen molar-refractivity contribution >= 4 is 11.9 Å². The van der Waals surface area contributed by atoms with E-state index in [0.717, 1.165) is 6.92 Å². The summed E-state index contributed by atoms with van der Waals surface area (Å²) in [5, 5.41) is 0. The molecular formula is C16H7F15O4. The summed E-state index contributed by atoms with van der Waals surface area (Å²) in [6, 6.07) is 0. The molecule has 0 aromatic carbocycles. The first-order chi connectivity index (χ1) is 15.2. The summed E-state index contributed by atoms with van der Waals surface area (Å²) in [6.45, 7) is 1.41. The van der Waals surface area contributed by atoms with Gasteiger partial charge in [0.2, 0.25) is 0 Å². The van der Waals surface area contributed by atoms with Gasteiger partial charge in [0.1, 0.15) is 0 Å². The van der Waals surface area contributed by atoms with Gasteiger partial charge in [0.25, 0.3) is 0 Å². The van der Waals surface area contributed by atoms with Gasteiger partial charge in [0.05, 0.1) is 0 Å². The fraction of sp³-hybridized carbons (Fsp3) is 0.750. The predicted octanol–water partition coefficient (Wildman–Crippen LogP) is 4.37. The quantitative estimate of drug-likeness (QED) is 0.298. The molecule has 0 spiro atoms. The molecule has 0 aromatic rings. The molecule has 0 radical (unpaired) electrons. The van der Waals surface area contributed by atoms with Crippen molar-refractivity contribution in [3.63, 3.8) is 0 Å². The second-order valence-corrected chi connectivity index (χ2v) is 7.93. The smallest absolute Gasteiger partial charge is 0.347 e. The van der Waals surface area contributed by atoms with Crippen LogP contribution in [0.5, 0.6) is 0 Å². The van der Waals surface area contributed by atoms with Crippen LogP contribution in [0, 0.1) is 0 Å². The lowest BCUT2D eigenvalue weighted by Crippen LogP contribution is -3.09. The molecule has 0 atom stereocenters. The number of hydrogen-bond donors (Lipinski definition) is 0. The van der Waals surface area contributed by atoms with Crippen molar-refractivity contribution in [2.75, 3.05) is 6.61 Å². The summed E-state index contributed by atoms with van der Waals surface area (Å²) in [4.78, 5) is 22.7. The van der Waals surface area contributed by atoms with E-state index < -0.39 is 82.3 Å². The van der Waals surface area contributed by atoms with E-state index in [1.54, 1.807) is 0 Å². The van der Waals surface area contributed by atoms with E-state index in [1.807, 2.05) is 0 Å². The fourth-order valence-electron chi connectivity index (χ4n) is 4.38. The molecule has 0 heterocycles. The molecule has 4 aliphatic rings. The van der Waals surface area contributed by atoms with Crippen LogP contribution >= 0.6 is 0 Å². The minimum Gasteiger partial charge on any atom is -0.450 e. The maximum atomic E-state index is 15.3. The molecule has 4 fully saturated rings. The molecule has 35 heavy (non-hydrogen) atoms. The topological polar surface area (TPSA) is 52.6 Å². The highest BCUT2D eigenvalue weighted by atomic mass is 19.3. The van der Waals surface area contributed by atoms with Crippen LogP contribution in [-0.2, 0) is 19.1 Å². The van der Waals surface area contributed by atoms with Crippen LogP contribution in [0.3, 0.4) is 0 Å². The second kappa shape index (κ2) is 6.12. The summed E-state index contributed by atoms with van der Waals surface area (Å²) in [5.74, 6) is -52.2. The van der Waals surface area contributed by atoms with E-state index >= 15 is 13.2 Å². The van der Waals surface area contributed by atoms with Gasteiger partial charge in [-0.25, -0.2) is 27.2 Å². The van der Waals surface area contributed by atoms with Crippen LogP contribution in [0.15, 0.2) is 12.2 Å². The van der Waals surface area contributed by atoms with Gasteiger partial charge in [-0.15, -0.1) is 0 Å². The Morgan fingerprint density at radius 3 is 1.17 bits per heavy atom. The Bertz CT molecular complexity index is 948. The third kappa shape index (κ3) is 1.94. The van der Waals surface area contributed by atoms with Crippen LogP contribution in [0.1, 0.15) is 6.92 Å². The van der Waals surface area contributed by atoms with E-state index in [0.29, 0.717) is 0 Å². The Morgan fingerprint density at radius 2 is 0.886 bits per heavy atom. The van der Waals surface area contributed by atoms with E-state index in [1.165, 1.54) is 0 Å². The van der Waals surface area contributed by atoms with Crippen LogP contribution in [0.25, 0.3) is 0 Å². The van der Waals surface area contributed by atoms with Gasteiger partial charge in [-0.05, 0) is 6.92 Å². The van der Waals surface area contributed by atoms with Crippen molar-refractivity contribution in [3.05, 3.63) is 12.2 Å². The van der Waals surface area contributed by atoms with Gasteiger partial charge in [-0.1, -0.05) is 6.58 Å². The van der Waals surface area contributed by atoms with E-state index in [4.69, 9.17) is 0 Å². The molecule has 0 amide bonds. The first-order valence-corrected chi connectivity index (χ1v) is 8.60. The molecule has 4 rings (SSSR count). The number of carbonyl (C=O) groups excluding carboxylic acids is 2. The number of halogens is 15. The van der Waals surface area contributed by atoms with Crippen molar-refractivity contribution < 1.29 is 84.9 Å². The number of ether oxygens (including phenoxy) is 2. The monoisotopic (exact) mass is 548 g/mol. The lowest BCUT2D eigenvalue weighted by Gasteiger charge is -2.73. The van der Waals surface area contributed by atoms with Crippen molar-refractivity contribution in [1.29, 1.82) is 0 Å². The predicted molar refractivity (Wildman–Crippen MR) is 75.8 cm³/mol. The number of esters is 2. The average Bonchev–Trinajstić information content (AvgIpc) is 2.70. The Morgan fingerprint density at radius 1 is 0.600 bits per heavy atom. The van der Waals surface area contributed by atoms with Crippen LogP contribution in [0.4, 0.5) is 65.9 Å². The molecule has 4 saturated carbocycles. The van der Waals surface area contributed by atoms with Gasteiger partial charge in [-0.2, -0.15) is 48.3 Å². The SMILES string of the molecule is C=C(C)C(=O)OCC(=O)OC1(F)C2(F)C(F)(F)C3(F)C(F)(F)C(F)(C2(F)F)C(F)(F)C1(F)C3(F)F. The van der Waals surface area contributed by atoms with Crippen LogP contribution in [-0.4, -0.2) is 76.7 Å². The highest BCUT2D eigenvalue weighted by Gasteiger charge is 3.24. The summed E-state index contributed by atoms with van der Waals surface area (Å²) < 4.78 is 225. The summed E-state index contributed by atoms with van der Waals surface area (Å²) in [7, 11) is 0. The minimum atomic E-state index is -7.99. The number of carbonyl (C=O) groups is 2. The number of hydrogen-bond acceptors (Lipinski definition) is 4. The van der Waals surface area contributed by atoms with Crippen LogP contribution < -0.4 is 0 Å². The summed E-state index contributed by atoms with van der Waals surface area (Å²) >= 11 is 0. The van der Waals surface area contributed by atoms with Gasteiger partial charge in [-0.3, -0.25) is 0 Å². The van der Waals surface area contributed by atoms with Crippen molar-refractivity contribution in [1.82, 2.24) is 0 Å². The van der Waals surface area contributed by atoms with E-state index in [9.17, 15) is 62.3 Å². The normalized spacial score (nSPS) is 45.0. The molecule has 0 aliphatic heterocycles. The van der Waals surface area contributed by atoms with E-state index in [2.05, 4.69) is 16.1 Å². The highest BCUT2D eigenvalue weighted by molar-refractivity contribution is 5.88. The average molecular weight is 548 g/mol. The van der Waals surface area contributed by atoms with Crippen LogP contribution in [0.2, 0.25) is 0 Å². The molecule has 4 aliphatic carbocycles. The second-order valence-electron chi connectivity index (χ2n) is 7.93. The van der Waals surface area contributed by atoms with E-state index in [-0.39, 0.29) is 0 Å². The standard InChI is InChI=1S/C16H7F15O4/c1-4(2)6(33)34-3-5(32)35-16(31)9(19)12(23,24)7(17)11(21,22)8(18,14(9,27)28)15(29,30)10(16,20)13(7,25)26/h1,3H2,2H3. The van der Waals surface area contributed by atoms with Gasteiger partial charge in [0.15, 0.2) is 6.61 Å². The van der Waals surface area contributed by atoms with Crippen molar-refractivity contribution in [3.8, 4) is 0 Å². The fourth-order valence-corrected chi connectivity index (χ4v) is 4.38. The number of alkyl halides is 15. The van der Waals surface area contributed by atoms with Crippen molar-refractivity contribution in [2.45, 2.75) is 65.1 Å². The Kier molecular flexibility index (Phi) is 4.76. The van der Waals surface area contributed by atoms with Gasteiger partial charge >= 0.3 is 70.1 Å². The third-order valence-corrected chi connectivity index (χ3v) is 6.14. The molecule has 19 heteroatoms. The largest absolute Gasteiger partial charge is 0.450 e. The summed E-state index contributed by atoms with van der Waals surface area (Å²) in [6.07, 6.45) is 0. The lowest BCUT2D eigenvalue weighted by atomic mass is 9.40. The zero-order chi connectivity index (χ0) is 27.9. The first kappa shape index (κ1) is 27.2. The maximum Gasteiger partial charge on any atom is 0.347 e. The molecule has 200 valence electrons. The first-order valence-electron chi connectivity index (χ1n) is 8.60. The zero-order valence-electron chi connectivity index (χ0n) is 16.2. The maximum absolute atomic E-state index is 15.3. The third-order valence-electron chi connectivity index (χ3n) is 6.14. The van der Waals surface area contributed by atoms with Gasteiger partial charge < -0.3 is 9.47 Å². The van der Waals surface area contributed by atoms with Gasteiger partial charge in [0, 0.05) is 5.57 Å². The molecule has 0 aromatic heterocycles. The molecule has 0 unspecified atom stereocenters. The highest BCUT2D eigenvalue weighted by Crippen LogP contribution is 2.88.